The van der Waals surface area contributed by atoms with E-state index in [2.05, 4.69) is 14.8 Å². The molecule has 8 heteroatoms. The van der Waals surface area contributed by atoms with Gasteiger partial charge >= 0.3 is 0 Å². The second-order valence-corrected chi connectivity index (χ2v) is 5.88. The molecule has 0 saturated heterocycles. The Bertz CT molecular complexity index is 644. The zero-order valence-electron chi connectivity index (χ0n) is 10.5. The summed E-state index contributed by atoms with van der Waals surface area (Å²) >= 11 is 0. The summed E-state index contributed by atoms with van der Waals surface area (Å²) in [5.41, 5.74) is 1.42. The number of rotatable bonds is 6. The van der Waals surface area contributed by atoms with E-state index in [4.69, 9.17) is 5.11 Å². The van der Waals surface area contributed by atoms with Crippen LogP contribution < -0.4 is 4.72 Å². The Balaban J connectivity index is 1.96. The van der Waals surface area contributed by atoms with Crippen molar-refractivity contribution in [2.24, 2.45) is 7.05 Å². The standard InChI is InChI=1S/C11H16N4O3S/c1-15-10(2-4-13-15)3-5-14-19(17,18)11-6-9(8-16)12-7-11/h2,4,6-7,12,14,16H,3,5,8H2,1H3. The second-order valence-electron chi connectivity index (χ2n) is 4.11. The monoisotopic (exact) mass is 284 g/mol. The van der Waals surface area contributed by atoms with Crippen LogP contribution >= 0.6 is 0 Å². The molecule has 0 bridgehead atoms. The number of hydrogen-bond donors (Lipinski definition) is 3. The minimum Gasteiger partial charge on any atom is -0.390 e. The van der Waals surface area contributed by atoms with Gasteiger partial charge in [-0.05, 0) is 12.1 Å². The van der Waals surface area contributed by atoms with Gasteiger partial charge in [0.05, 0.1) is 11.5 Å². The number of nitrogens with one attached hydrogen (secondary N) is 2. The number of aromatic nitrogens is 3. The predicted molar refractivity (Wildman–Crippen MR) is 68.8 cm³/mol. The van der Waals surface area contributed by atoms with E-state index in [1.165, 1.54) is 12.3 Å². The normalized spacial score (nSPS) is 11.9. The van der Waals surface area contributed by atoms with Crippen LogP contribution in [-0.4, -0.2) is 34.8 Å². The van der Waals surface area contributed by atoms with E-state index in [1.807, 2.05) is 13.1 Å². The molecule has 0 amide bonds. The van der Waals surface area contributed by atoms with Gasteiger partial charge in [0.2, 0.25) is 10.0 Å². The van der Waals surface area contributed by atoms with E-state index in [0.29, 0.717) is 18.7 Å². The first-order valence-corrected chi connectivity index (χ1v) is 7.26. The Morgan fingerprint density at radius 2 is 2.32 bits per heavy atom. The summed E-state index contributed by atoms with van der Waals surface area (Å²) in [4.78, 5) is 2.82. The molecule has 0 unspecified atom stereocenters. The molecule has 0 fully saturated rings. The van der Waals surface area contributed by atoms with Crippen LogP contribution in [-0.2, 0) is 30.1 Å². The molecule has 2 heterocycles. The minimum atomic E-state index is -3.54. The summed E-state index contributed by atoms with van der Waals surface area (Å²) < 4.78 is 28.1. The third kappa shape index (κ3) is 3.22. The minimum absolute atomic E-state index is 0.126. The maximum Gasteiger partial charge on any atom is 0.242 e. The largest absolute Gasteiger partial charge is 0.390 e. The van der Waals surface area contributed by atoms with Crippen LogP contribution in [0.4, 0.5) is 0 Å². The number of aromatic amines is 1. The zero-order chi connectivity index (χ0) is 13.9. The molecule has 0 atom stereocenters. The number of H-pyrrole nitrogens is 1. The highest BCUT2D eigenvalue weighted by atomic mass is 32.2. The second kappa shape index (κ2) is 5.55. The molecule has 0 aliphatic carbocycles. The molecule has 0 aliphatic heterocycles. The fourth-order valence-electron chi connectivity index (χ4n) is 1.71. The van der Waals surface area contributed by atoms with Crippen molar-refractivity contribution < 1.29 is 13.5 Å². The van der Waals surface area contributed by atoms with Gasteiger partial charge in [-0.1, -0.05) is 0 Å². The zero-order valence-corrected chi connectivity index (χ0v) is 11.3. The third-order valence-corrected chi connectivity index (χ3v) is 4.23. The smallest absolute Gasteiger partial charge is 0.242 e. The van der Waals surface area contributed by atoms with E-state index >= 15 is 0 Å². The van der Waals surface area contributed by atoms with Crippen LogP contribution in [0.25, 0.3) is 0 Å². The number of nitrogens with zero attached hydrogens (tertiary/aromatic N) is 2. The SMILES string of the molecule is Cn1nccc1CCNS(=O)(=O)c1c[nH]c(CO)c1. The van der Waals surface area contributed by atoms with Gasteiger partial charge in [0.1, 0.15) is 0 Å². The van der Waals surface area contributed by atoms with Crippen molar-refractivity contribution in [2.75, 3.05) is 6.54 Å². The number of sulfonamides is 1. The Kier molecular flexibility index (Phi) is 4.03. The van der Waals surface area contributed by atoms with Gasteiger partial charge in [0.25, 0.3) is 0 Å². The molecule has 7 nitrogen and oxygen atoms in total. The first kappa shape index (κ1) is 13.8. The lowest BCUT2D eigenvalue weighted by Gasteiger charge is -2.05. The maximum atomic E-state index is 11.9. The van der Waals surface area contributed by atoms with Crippen LogP contribution in [0.1, 0.15) is 11.4 Å². The molecule has 2 aromatic heterocycles. The van der Waals surface area contributed by atoms with E-state index in [9.17, 15) is 8.42 Å². The molecule has 0 aliphatic rings. The van der Waals surface area contributed by atoms with Crippen molar-refractivity contribution in [1.29, 1.82) is 0 Å². The van der Waals surface area contributed by atoms with Crippen LogP contribution in [0.2, 0.25) is 0 Å². The predicted octanol–water partition coefficient (Wildman–Crippen LogP) is -0.239. The summed E-state index contributed by atoms with van der Waals surface area (Å²) in [5, 5.41) is 12.9. The van der Waals surface area contributed by atoms with Crippen molar-refractivity contribution in [3.8, 4) is 0 Å². The van der Waals surface area contributed by atoms with E-state index in [-0.39, 0.29) is 11.5 Å². The Hall–Kier alpha value is -1.64. The van der Waals surface area contributed by atoms with Crippen LogP contribution in [0.15, 0.2) is 29.4 Å². The lowest BCUT2D eigenvalue weighted by atomic mass is 10.3. The van der Waals surface area contributed by atoms with Gasteiger partial charge in [-0.15, -0.1) is 0 Å². The van der Waals surface area contributed by atoms with Crippen LogP contribution in [0, 0.1) is 0 Å². The van der Waals surface area contributed by atoms with Gasteiger partial charge in [-0.3, -0.25) is 4.68 Å². The van der Waals surface area contributed by atoms with Gasteiger partial charge < -0.3 is 10.1 Å². The van der Waals surface area contributed by atoms with Crippen molar-refractivity contribution >= 4 is 10.0 Å². The average molecular weight is 284 g/mol. The lowest BCUT2D eigenvalue weighted by molar-refractivity contribution is 0.277. The molecule has 2 aromatic rings. The van der Waals surface area contributed by atoms with E-state index in [1.54, 1.807) is 10.9 Å². The Morgan fingerprint density at radius 1 is 1.53 bits per heavy atom. The van der Waals surface area contributed by atoms with Crippen molar-refractivity contribution in [1.82, 2.24) is 19.5 Å². The van der Waals surface area contributed by atoms with Gasteiger partial charge in [-0.25, -0.2) is 13.1 Å². The molecule has 0 saturated carbocycles. The highest BCUT2D eigenvalue weighted by Crippen LogP contribution is 2.10. The van der Waals surface area contributed by atoms with Crippen LogP contribution in [0.5, 0.6) is 0 Å². The fourth-order valence-corrected chi connectivity index (χ4v) is 2.76. The van der Waals surface area contributed by atoms with Crippen molar-refractivity contribution in [3.05, 3.63) is 35.9 Å². The maximum absolute atomic E-state index is 11.9. The lowest BCUT2D eigenvalue weighted by Crippen LogP contribution is -2.26. The number of aliphatic hydroxyl groups excluding tert-OH is 1. The number of aryl methyl sites for hydroxylation is 1. The Morgan fingerprint density at radius 3 is 2.89 bits per heavy atom. The van der Waals surface area contributed by atoms with Crippen molar-refractivity contribution in [3.63, 3.8) is 0 Å². The quantitative estimate of drug-likeness (QED) is 0.681. The molecule has 0 spiro atoms. The van der Waals surface area contributed by atoms with Gasteiger partial charge in [-0.2, -0.15) is 5.10 Å². The summed E-state index contributed by atoms with van der Waals surface area (Å²) in [6.45, 7) is 0.0754. The first-order chi connectivity index (χ1) is 9.03. The summed E-state index contributed by atoms with van der Waals surface area (Å²) in [6, 6.07) is 3.25. The average Bonchev–Trinajstić information content (AvgIpc) is 2.99. The molecular weight excluding hydrogens is 268 g/mol. The molecule has 104 valence electrons. The summed E-state index contributed by atoms with van der Waals surface area (Å²) in [7, 11) is -1.73. The van der Waals surface area contributed by atoms with E-state index in [0.717, 1.165) is 5.69 Å². The molecule has 0 radical (unpaired) electrons. The third-order valence-electron chi connectivity index (χ3n) is 2.79. The highest BCUT2D eigenvalue weighted by Gasteiger charge is 2.15. The molecular formula is C11H16N4O3S. The van der Waals surface area contributed by atoms with Crippen molar-refractivity contribution in [2.45, 2.75) is 17.9 Å². The van der Waals surface area contributed by atoms with Crippen LogP contribution in [0.3, 0.4) is 0 Å². The highest BCUT2D eigenvalue weighted by molar-refractivity contribution is 7.89. The number of hydrogen-bond acceptors (Lipinski definition) is 4. The number of aliphatic hydroxyl groups is 1. The molecule has 2 rings (SSSR count). The van der Waals surface area contributed by atoms with Gasteiger partial charge in [0.15, 0.2) is 0 Å². The fraction of sp³-hybridized carbons (Fsp3) is 0.364. The molecule has 19 heavy (non-hydrogen) atoms. The first-order valence-electron chi connectivity index (χ1n) is 5.77. The topological polar surface area (TPSA) is 100 Å². The summed E-state index contributed by atoms with van der Waals surface area (Å²) in [6.07, 6.45) is 3.59. The van der Waals surface area contributed by atoms with E-state index < -0.39 is 10.0 Å². The molecule has 3 N–H and O–H groups in total. The van der Waals surface area contributed by atoms with Gasteiger partial charge in [0, 0.05) is 43.8 Å². The summed E-state index contributed by atoms with van der Waals surface area (Å²) in [5.74, 6) is 0. The Labute approximate surface area is 111 Å². The molecule has 0 aromatic carbocycles.